The van der Waals surface area contributed by atoms with Crippen LogP contribution >= 0.6 is 0 Å². The first-order valence-electron chi connectivity index (χ1n) is 8.83. The molecule has 0 spiro atoms. The Balaban J connectivity index is 1.57. The van der Waals surface area contributed by atoms with Crippen LogP contribution in [0.4, 0.5) is 15.8 Å². The van der Waals surface area contributed by atoms with Gasteiger partial charge in [-0.2, -0.15) is 4.98 Å². The molecule has 0 aliphatic carbocycles. The van der Waals surface area contributed by atoms with Crippen LogP contribution in [-0.2, 0) is 13.0 Å². The molecule has 1 aliphatic rings. The third kappa shape index (κ3) is 3.67. The normalized spacial score (nSPS) is 13.3. The third-order valence-electron chi connectivity index (χ3n) is 4.60. The molecule has 1 amide bonds. The summed E-state index contributed by atoms with van der Waals surface area (Å²) < 4.78 is 18.3. The highest BCUT2D eigenvalue weighted by molar-refractivity contribution is 6.05. The molecule has 3 aromatic rings. The van der Waals surface area contributed by atoms with E-state index >= 15 is 0 Å². The van der Waals surface area contributed by atoms with Crippen molar-refractivity contribution in [3.63, 3.8) is 0 Å². The average Bonchev–Trinajstić information content (AvgIpc) is 3.08. The number of hydrogen-bond acceptors (Lipinski definition) is 5. The number of carbonyl (C=O) groups excluding carboxylic acids is 1. The van der Waals surface area contributed by atoms with Crippen molar-refractivity contribution in [3.05, 3.63) is 71.1 Å². The van der Waals surface area contributed by atoms with E-state index < -0.39 is 0 Å². The summed E-state index contributed by atoms with van der Waals surface area (Å²) in [5, 5.41) is 6.79. The predicted molar refractivity (Wildman–Crippen MR) is 99.2 cm³/mol. The van der Waals surface area contributed by atoms with Gasteiger partial charge < -0.3 is 14.7 Å². The van der Waals surface area contributed by atoms with Crippen LogP contribution in [-0.4, -0.2) is 22.6 Å². The average molecular weight is 366 g/mol. The summed E-state index contributed by atoms with van der Waals surface area (Å²) in [5.74, 6) is 0.562. The van der Waals surface area contributed by atoms with E-state index in [4.69, 9.17) is 4.52 Å². The van der Waals surface area contributed by atoms with Gasteiger partial charge in [-0.3, -0.25) is 4.79 Å². The molecule has 2 heterocycles. The van der Waals surface area contributed by atoms with E-state index in [1.54, 1.807) is 6.92 Å². The number of nitrogens with zero attached hydrogens (tertiary/aromatic N) is 3. The van der Waals surface area contributed by atoms with E-state index in [-0.39, 0.29) is 11.7 Å². The number of nitrogens with one attached hydrogen (secondary N) is 1. The minimum atomic E-state index is -0.365. The van der Waals surface area contributed by atoms with Crippen LogP contribution in [0.25, 0.3) is 0 Å². The molecule has 0 unspecified atom stereocenters. The van der Waals surface area contributed by atoms with Gasteiger partial charge in [0.05, 0.1) is 6.54 Å². The molecule has 6 nitrogen and oxygen atoms in total. The lowest BCUT2D eigenvalue weighted by atomic mass is 9.99. The van der Waals surface area contributed by atoms with Crippen molar-refractivity contribution in [2.75, 3.05) is 16.8 Å². The zero-order valence-electron chi connectivity index (χ0n) is 14.9. The summed E-state index contributed by atoms with van der Waals surface area (Å²) in [6.07, 6.45) is 1.83. The van der Waals surface area contributed by atoms with Gasteiger partial charge in [-0.15, -0.1) is 0 Å². The quantitative estimate of drug-likeness (QED) is 0.762. The Labute approximate surface area is 156 Å². The molecular weight excluding hydrogens is 347 g/mol. The number of rotatable bonds is 4. The van der Waals surface area contributed by atoms with Gasteiger partial charge in [-0.25, -0.2) is 4.39 Å². The van der Waals surface area contributed by atoms with E-state index in [0.717, 1.165) is 36.3 Å². The monoisotopic (exact) mass is 366 g/mol. The highest BCUT2D eigenvalue weighted by atomic mass is 19.1. The number of aromatic nitrogens is 2. The van der Waals surface area contributed by atoms with E-state index in [2.05, 4.69) is 20.4 Å². The predicted octanol–water partition coefficient (Wildman–Crippen LogP) is 3.72. The molecule has 1 aromatic heterocycles. The number of carbonyl (C=O) groups is 1. The van der Waals surface area contributed by atoms with Gasteiger partial charge in [0.25, 0.3) is 5.91 Å². The van der Waals surface area contributed by atoms with Crippen molar-refractivity contribution in [1.82, 2.24) is 10.1 Å². The first-order chi connectivity index (χ1) is 13.1. The largest absolute Gasteiger partial charge is 0.362 e. The van der Waals surface area contributed by atoms with Crippen LogP contribution in [0.15, 0.2) is 47.0 Å². The van der Waals surface area contributed by atoms with Crippen LogP contribution in [0.3, 0.4) is 0 Å². The van der Waals surface area contributed by atoms with Crippen molar-refractivity contribution in [1.29, 1.82) is 0 Å². The zero-order valence-corrected chi connectivity index (χ0v) is 14.9. The highest BCUT2D eigenvalue weighted by Gasteiger charge is 2.22. The van der Waals surface area contributed by atoms with Gasteiger partial charge in [0.15, 0.2) is 5.82 Å². The number of benzene rings is 2. The minimum Gasteiger partial charge on any atom is -0.362 e. The van der Waals surface area contributed by atoms with E-state index in [1.807, 2.05) is 18.2 Å². The van der Waals surface area contributed by atoms with Gasteiger partial charge in [-0.05, 0) is 61.7 Å². The molecule has 1 aliphatic heterocycles. The van der Waals surface area contributed by atoms with E-state index in [1.165, 1.54) is 24.3 Å². The van der Waals surface area contributed by atoms with Gasteiger partial charge in [-0.1, -0.05) is 11.2 Å². The Hall–Kier alpha value is -3.22. The van der Waals surface area contributed by atoms with E-state index in [9.17, 15) is 9.18 Å². The fourth-order valence-corrected chi connectivity index (χ4v) is 3.35. The molecule has 0 saturated heterocycles. The number of fused-ring (bicyclic) bond motifs is 1. The van der Waals surface area contributed by atoms with Gasteiger partial charge in [0.1, 0.15) is 5.82 Å². The molecule has 0 bridgehead atoms. The van der Waals surface area contributed by atoms with Crippen molar-refractivity contribution < 1.29 is 13.7 Å². The molecule has 0 atom stereocenters. The summed E-state index contributed by atoms with van der Waals surface area (Å²) in [7, 11) is 0. The number of aryl methyl sites for hydroxylation is 1. The molecule has 138 valence electrons. The Morgan fingerprint density at radius 3 is 2.81 bits per heavy atom. The maximum absolute atomic E-state index is 13.1. The summed E-state index contributed by atoms with van der Waals surface area (Å²) in [6.45, 7) is 3.20. The van der Waals surface area contributed by atoms with Gasteiger partial charge in [0.2, 0.25) is 5.89 Å². The molecule has 4 rings (SSSR count). The van der Waals surface area contributed by atoms with Crippen LogP contribution in [0.1, 0.15) is 34.1 Å². The second kappa shape index (κ2) is 7.19. The first-order valence-corrected chi connectivity index (χ1v) is 8.83. The second-order valence-electron chi connectivity index (χ2n) is 6.52. The minimum absolute atomic E-state index is 0.256. The molecule has 7 heteroatoms. The number of hydrogen-bond donors (Lipinski definition) is 1. The summed E-state index contributed by atoms with van der Waals surface area (Å²) in [4.78, 5) is 19.0. The smallest absolute Gasteiger partial charge is 0.255 e. The SMILES string of the molecule is Cc1noc(CN2CCCc3c(NC(=O)c4ccc(F)cc4)cccc32)n1. The molecular formula is C20H19FN4O2. The maximum atomic E-state index is 13.1. The number of halogens is 1. The van der Waals surface area contributed by atoms with Crippen molar-refractivity contribution in [2.24, 2.45) is 0 Å². The van der Waals surface area contributed by atoms with Crippen LogP contribution in [0.2, 0.25) is 0 Å². The zero-order chi connectivity index (χ0) is 18.8. The molecule has 27 heavy (non-hydrogen) atoms. The van der Waals surface area contributed by atoms with Gasteiger partial charge >= 0.3 is 0 Å². The maximum Gasteiger partial charge on any atom is 0.255 e. The molecule has 2 aromatic carbocycles. The Morgan fingerprint density at radius 2 is 2.07 bits per heavy atom. The van der Waals surface area contributed by atoms with Gasteiger partial charge in [0, 0.05) is 23.5 Å². The Morgan fingerprint density at radius 1 is 1.26 bits per heavy atom. The Kier molecular flexibility index (Phi) is 4.58. The lowest BCUT2D eigenvalue weighted by molar-refractivity contribution is 0.102. The fourth-order valence-electron chi connectivity index (χ4n) is 3.35. The van der Waals surface area contributed by atoms with Crippen molar-refractivity contribution in [3.8, 4) is 0 Å². The molecule has 0 fully saturated rings. The topological polar surface area (TPSA) is 71.3 Å². The van der Waals surface area contributed by atoms with E-state index in [0.29, 0.717) is 23.8 Å². The molecule has 1 N–H and O–H groups in total. The second-order valence-corrected chi connectivity index (χ2v) is 6.52. The molecule has 0 radical (unpaired) electrons. The van der Waals surface area contributed by atoms with Crippen LogP contribution < -0.4 is 10.2 Å². The third-order valence-corrected chi connectivity index (χ3v) is 4.60. The van der Waals surface area contributed by atoms with Crippen molar-refractivity contribution in [2.45, 2.75) is 26.3 Å². The standard InChI is InChI=1S/C20H19FN4O2/c1-13-22-19(27-24-13)12-25-11-3-4-16-17(5-2-6-18(16)25)23-20(26)14-7-9-15(21)10-8-14/h2,5-10H,3-4,11-12H2,1H3,(H,23,26). The summed E-state index contributed by atoms with van der Waals surface area (Å²) in [5.41, 5.74) is 3.32. The molecule has 0 saturated carbocycles. The van der Waals surface area contributed by atoms with Crippen LogP contribution in [0, 0.1) is 12.7 Å². The lowest BCUT2D eigenvalue weighted by Crippen LogP contribution is -2.29. The summed E-state index contributed by atoms with van der Waals surface area (Å²) >= 11 is 0. The number of anilines is 2. The van der Waals surface area contributed by atoms with Crippen molar-refractivity contribution >= 4 is 17.3 Å². The lowest BCUT2D eigenvalue weighted by Gasteiger charge is -2.31. The summed E-state index contributed by atoms with van der Waals surface area (Å²) in [6, 6.07) is 11.4. The number of amides is 1. The highest BCUT2D eigenvalue weighted by Crippen LogP contribution is 2.33. The first kappa shape index (κ1) is 17.2. The Bertz CT molecular complexity index is 968. The van der Waals surface area contributed by atoms with Crippen LogP contribution in [0.5, 0.6) is 0 Å². The fraction of sp³-hybridized carbons (Fsp3) is 0.250.